The van der Waals surface area contributed by atoms with E-state index >= 15 is 0 Å². The van der Waals surface area contributed by atoms with Crippen LogP contribution < -0.4 is 0 Å². The molecular weight excluding hydrogens is 302 g/mol. The molecule has 1 saturated heterocycles. The summed E-state index contributed by atoms with van der Waals surface area (Å²) in [5.74, 6) is 2.08. The number of aromatic nitrogens is 1. The van der Waals surface area contributed by atoms with E-state index in [2.05, 4.69) is 9.88 Å². The van der Waals surface area contributed by atoms with Crippen molar-refractivity contribution < 1.29 is 9.21 Å². The number of piperidine rings is 1. The first-order valence-corrected chi connectivity index (χ1v) is 9.01. The van der Waals surface area contributed by atoms with E-state index in [0.29, 0.717) is 6.54 Å². The van der Waals surface area contributed by atoms with E-state index in [9.17, 15) is 4.79 Å². The van der Waals surface area contributed by atoms with Crippen molar-refractivity contribution in [2.75, 3.05) is 33.2 Å². The Labute approximate surface area is 142 Å². The van der Waals surface area contributed by atoms with Crippen molar-refractivity contribution in [2.45, 2.75) is 31.6 Å². The van der Waals surface area contributed by atoms with E-state index in [0.717, 1.165) is 55.4 Å². The zero-order valence-corrected chi connectivity index (χ0v) is 14.3. The summed E-state index contributed by atoms with van der Waals surface area (Å²) >= 11 is 0. The van der Waals surface area contributed by atoms with Gasteiger partial charge >= 0.3 is 0 Å². The van der Waals surface area contributed by atoms with Crippen LogP contribution in [-0.4, -0.2) is 53.9 Å². The number of rotatable bonds is 5. The Kier molecular flexibility index (Phi) is 4.27. The highest BCUT2D eigenvalue weighted by molar-refractivity contribution is 5.78. The first-order chi connectivity index (χ1) is 11.7. The molecule has 5 nitrogen and oxygen atoms in total. The lowest BCUT2D eigenvalue weighted by Crippen LogP contribution is -2.43. The van der Waals surface area contributed by atoms with E-state index < -0.39 is 0 Å². The summed E-state index contributed by atoms with van der Waals surface area (Å²) in [5.41, 5.74) is 1.77. The van der Waals surface area contributed by atoms with Gasteiger partial charge in [0.15, 0.2) is 11.5 Å². The number of fused-ring (bicyclic) bond motifs is 1. The highest BCUT2D eigenvalue weighted by atomic mass is 16.3. The topological polar surface area (TPSA) is 49.6 Å². The molecule has 1 amide bonds. The van der Waals surface area contributed by atoms with Gasteiger partial charge in [-0.1, -0.05) is 12.1 Å². The first-order valence-electron chi connectivity index (χ1n) is 9.01. The summed E-state index contributed by atoms with van der Waals surface area (Å²) in [4.78, 5) is 21.2. The molecule has 1 aliphatic heterocycles. The second kappa shape index (κ2) is 6.55. The number of likely N-dealkylation sites (N-methyl/N-ethyl adjacent to an activating group) is 1. The van der Waals surface area contributed by atoms with Crippen LogP contribution in [0.5, 0.6) is 0 Å². The number of amides is 1. The fourth-order valence-corrected chi connectivity index (χ4v) is 3.57. The van der Waals surface area contributed by atoms with Crippen LogP contribution >= 0.6 is 0 Å². The molecule has 2 aliphatic rings. The maximum absolute atomic E-state index is 12.4. The molecule has 0 bridgehead atoms. The second-order valence-corrected chi connectivity index (χ2v) is 7.31. The van der Waals surface area contributed by atoms with Gasteiger partial charge in [0, 0.05) is 26.1 Å². The number of carbonyl (C=O) groups is 1. The average Bonchev–Trinajstić information content (AvgIpc) is 3.29. The van der Waals surface area contributed by atoms with Gasteiger partial charge in [0.25, 0.3) is 0 Å². The molecule has 0 radical (unpaired) electrons. The van der Waals surface area contributed by atoms with Crippen molar-refractivity contribution in [2.24, 2.45) is 5.92 Å². The number of benzene rings is 1. The molecule has 24 heavy (non-hydrogen) atoms. The summed E-state index contributed by atoms with van der Waals surface area (Å²) < 4.78 is 5.94. The van der Waals surface area contributed by atoms with Gasteiger partial charge in [-0.25, -0.2) is 4.98 Å². The monoisotopic (exact) mass is 327 g/mol. The molecule has 2 aromatic rings. The molecule has 1 aliphatic carbocycles. The normalized spacial score (nSPS) is 22.0. The van der Waals surface area contributed by atoms with Crippen molar-refractivity contribution in [3.63, 3.8) is 0 Å². The third-order valence-electron chi connectivity index (χ3n) is 5.18. The maximum Gasteiger partial charge on any atom is 0.236 e. The molecule has 1 saturated carbocycles. The number of carbonyl (C=O) groups excluding carboxylic acids is 1. The molecule has 0 spiro atoms. The number of hydrogen-bond donors (Lipinski definition) is 0. The lowest BCUT2D eigenvalue weighted by Gasteiger charge is -2.31. The zero-order valence-electron chi connectivity index (χ0n) is 14.3. The molecule has 0 N–H and O–H groups in total. The minimum absolute atomic E-state index is 0.236. The van der Waals surface area contributed by atoms with E-state index in [-0.39, 0.29) is 11.8 Å². The van der Waals surface area contributed by atoms with Crippen LogP contribution in [0.4, 0.5) is 0 Å². The van der Waals surface area contributed by atoms with Gasteiger partial charge < -0.3 is 9.32 Å². The van der Waals surface area contributed by atoms with Crippen molar-refractivity contribution in [3.05, 3.63) is 30.2 Å². The maximum atomic E-state index is 12.4. The summed E-state index contributed by atoms with van der Waals surface area (Å²) in [6.07, 6.45) is 4.72. The predicted octanol–water partition coefficient (Wildman–Crippen LogP) is 2.88. The number of likely N-dealkylation sites (tertiary alicyclic amines) is 1. The molecule has 2 fully saturated rings. The van der Waals surface area contributed by atoms with Gasteiger partial charge in [-0.2, -0.15) is 0 Å². The predicted molar refractivity (Wildman–Crippen MR) is 92.8 cm³/mol. The third kappa shape index (κ3) is 3.46. The van der Waals surface area contributed by atoms with Crippen LogP contribution in [0.2, 0.25) is 0 Å². The third-order valence-corrected chi connectivity index (χ3v) is 5.18. The minimum atomic E-state index is 0.236. The van der Waals surface area contributed by atoms with Gasteiger partial charge in [0.2, 0.25) is 5.91 Å². The largest absolute Gasteiger partial charge is 0.440 e. The van der Waals surface area contributed by atoms with Crippen LogP contribution in [0, 0.1) is 5.92 Å². The minimum Gasteiger partial charge on any atom is -0.440 e. The molecule has 1 aromatic carbocycles. The Bertz CT molecular complexity index is 689. The number of para-hydroxylation sites is 2. The summed E-state index contributed by atoms with van der Waals surface area (Å²) in [7, 11) is 1.93. The molecule has 2 heterocycles. The fraction of sp³-hybridized carbons (Fsp3) is 0.579. The second-order valence-electron chi connectivity index (χ2n) is 7.31. The molecule has 4 rings (SSSR count). The molecule has 5 heteroatoms. The van der Waals surface area contributed by atoms with Crippen molar-refractivity contribution in [1.29, 1.82) is 0 Å². The summed E-state index contributed by atoms with van der Waals surface area (Å²) in [5, 5.41) is 0. The number of nitrogens with zero attached hydrogens (tertiary/aromatic N) is 3. The summed E-state index contributed by atoms with van der Waals surface area (Å²) in [6, 6.07) is 7.90. The van der Waals surface area contributed by atoms with Gasteiger partial charge in [-0.15, -0.1) is 0 Å². The molecule has 128 valence electrons. The van der Waals surface area contributed by atoms with E-state index in [1.807, 2.05) is 36.2 Å². The fourth-order valence-electron chi connectivity index (χ4n) is 3.57. The lowest BCUT2D eigenvalue weighted by molar-refractivity contribution is -0.131. The van der Waals surface area contributed by atoms with Crippen molar-refractivity contribution in [3.8, 4) is 0 Å². The quantitative estimate of drug-likeness (QED) is 0.847. The van der Waals surface area contributed by atoms with E-state index in [1.54, 1.807) is 0 Å². The van der Waals surface area contributed by atoms with Gasteiger partial charge in [0.1, 0.15) is 5.52 Å². The van der Waals surface area contributed by atoms with Crippen molar-refractivity contribution in [1.82, 2.24) is 14.8 Å². The Balaban J connectivity index is 1.38. The van der Waals surface area contributed by atoms with Gasteiger partial charge in [0.05, 0.1) is 6.54 Å². The SMILES string of the molecule is CN(CC1CC1)C(=O)CN1CCCC(c2nc3ccccc3o2)C1. The first kappa shape index (κ1) is 15.6. The molecular formula is C19H25N3O2. The molecule has 1 unspecified atom stereocenters. The lowest BCUT2D eigenvalue weighted by atomic mass is 9.98. The Morgan fingerprint density at radius 1 is 1.33 bits per heavy atom. The van der Waals surface area contributed by atoms with Gasteiger partial charge in [-0.05, 0) is 50.3 Å². The van der Waals surface area contributed by atoms with Crippen LogP contribution in [0.25, 0.3) is 11.1 Å². The van der Waals surface area contributed by atoms with Gasteiger partial charge in [-0.3, -0.25) is 9.69 Å². The highest BCUT2D eigenvalue weighted by Crippen LogP contribution is 2.30. The average molecular weight is 327 g/mol. The van der Waals surface area contributed by atoms with Crippen LogP contribution in [-0.2, 0) is 4.79 Å². The standard InChI is InChI=1S/C19H25N3O2/c1-21(11-14-8-9-14)18(23)13-22-10-4-5-15(12-22)19-20-16-6-2-3-7-17(16)24-19/h2-3,6-7,14-15H,4-5,8-13H2,1H3. The highest BCUT2D eigenvalue weighted by Gasteiger charge is 2.29. The molecule has 1 atom stereocenters. The Morgan fingerprint density at radius 3 is 2.96 bits per heavy atom. The number of oxazole rings is 1. The Hall–Kier alpha value is -1.88. The summed E-state index contributed by atoms with van der Waals surface area (Å²) in [6.45, 7) is 3.27. The van der Waals surface area contributed by atoms with Crippen molar-refractivity contribution >= 4 is 17.0 Å². The van der Waals surface area contributed by atoms with Crippen LogP contribution in [0.1, 0.15) is 37.5 Å². The zero-order chi connectivity index (χ0) is 16.5. The van der Waals surface area contributed by atoms with Crippen LogP contribution in [0.3, 0.4) is 0 Å². The Morgan fingerprint density at radius 2 is 2.17 bits per heavy atom. The molecule has 1 aromatic heterocycles. The smallest absolute Gasteiger partial charge is 0.236 e. The van der Waals surface area contributed by atoms with E-state index in [4.69, 9.17) is 4.42 Å². The van der Waals surface area contributed by atoms with E-state index in [1.165, 1.54) is 12.8 Å². The van der Waals surface area contributed by atoms with Crippen LogP contribution in [0.15, 0.2) is 28.7 Å². The number of hydrogen-bond acceptors (Lipinski definition) is 4.